The lowest BCUT2D eigenvalue weighted by Gasteiger charge is -2.31. The second-order valence-electron chi connectivity index (χ2n) is 8.31. The molecule has 4 rings (SSSR count). The van der Waals surface area contributed by atoms with Crippen LogP contribution in [0.3, 0.4) is 0 Å². The molecule has 3 heterocycles. The lowest BCUT2D eigenvalue weighted by molar-refractivity contribution is -0.130. The molecule has 0 saturated carbocycles. The van der Waals surface area contributed by atoms with Gasteiger partial charge in [0.05, 0.1) is 27.9 Å². The molecule has 1 aromatic carbocycles. The van der Waals surface area contributed by atoms with Crippen molar-refractivity contribution in [2.75, 3.05) is 54.6 Å². The predicted molar refractivity (Wildman–Crippen MR) is 123 cm³/mol. The number of thioether (sulfide) groups is 1. The fourth-order valence-electron chi connectivity index (χ4n) is 4.34. The van der Waals surface area contributed by atoms with Crippen LogP contribution in [0.1, 0.15) is 38.5 Å². The van der Waals surface area contributed by atoms with Crippen molar-refractivity contribution >= 4 is 45.0 Å². The van der Waals surface area contributed by atoms with E-state index in [1.165, 1.54) is 27.4 Å². The van der Waals surface area contributed by atoms with E-state index in [-0.39, 0.29) is 23.3 Å². The number of piperidine rings is 2. The lowest BCUT2D eigenvalue weighted by atomic mass is 10.1. The normalized spacial score (nSPS) is 20.8. The van der Waals surface area contributed by atoms with Gasteiger partial charge in [0.15, 0.2) is 0 Å². The zero-order valence-electron chi connectivity index (χ0n) is 17.7. The summed E-state index contributed by atoms with van der Waals surface area (Å²) in [6.45, 7) is 2.80. The number of rotatable bonds is 6. The summed E-state index contributed by atoms with van der Waals surface area (Å²) < 4.78 is 27.9. The van der Waals surface area contributed by atoms with Crippen LogP contribution in [0.15, 0.2) is 23.1 Å². The maximum Gasteiger partial charge on any atom is 0.244 e. The number of carbonyl (C=O) groups excluding carboxylic acids is 2. The average molecular weight is 467 g/mol. The molecule has 170 valence electrons. The van der Waals surface area contributed by atoms with Gasteiger partial charge in [0.1, 0.15) is 6.54 Å². The number of amides is 2. The molecule has 0 unspecified atom stereocenters. The van der Waals surface area contributed by atoms with Crippen LogP contribution in [-0.2, 0) is 19.6 Å². The van der Waals surface area contributed by atoms with Crippen LogP contribution in [0.2, 0.25) is 0 Å². The quantitative estimate of drug-likeness (QED) is 0.692. The fraction of sp³-hybridized carbons (Fsp3) is 0.619. The van der Waals surface area contributed by atoms with Crippen molar-refractivity contribution in [3.8, 4) is 0 Å². The van der Waals surface area contributed by atoms with Gasteiger partial charge >= 0.3 is 0 Å². The van der Waals surface area contributed by atoms with Crippen LogP contribution in [0.4, 0.5) is 11.4 Å². The minimum atomic E-state index is -3.60. The van der Waals surface area contributed by atoms with Crippen molar-refractivity contribution < 1.29 is 18.0 Å². The molecule has 0 bridgehead atoms. The molecule has 31 heavy (non-hydrogen) atoms. The molecule has 0 spiro atoms. The molecule has 3 fully saturated rings. The third-order valence-electron chi connectivity index (χ3n) is 6.05. The number of sulfonamides is 1. The molecule has 3 aliphatic rings. The smallest absolute Gasteiger partial charge is 0.244 e. The lowest BCUT2D eigenvalue weighted by Crippen LogP contribution is -2.36. The number of anilines is 2. The summed E-state index contributed by atoms with van der Waals surface area (Å²) in [5, 5.41) is 2.90. The minimum absolute atomic E-state index is 0.0195. The van der Waals surface area contributed by atoms with E-state index in [1.807, 2.05) is 6.07 Å². The second kappa shape index (κ2) is 9.79. The monoisotopic (exact) mass is 466 g/mol. The van der Waals surface area contributed by atoms with E-state index in [9.17, 15) is 18.0 Å². The first-order chi connectivity index (χ1) is 14.9. The highest BCUT2D eigenvalue weighted by molar-refractivity contribution is 8.00. The zero-order valence-corrected chi connectivity index (χ0v) is 19.3. The SMILES string of the molecule is O=C(CN1CSCC1=O)Nc1cc(S(=O)(=O)N2CCCCC2)ccc1N1CCCCC1. The Kier molecular flexibility index (Phi) is 7.08. The molecule has 1 aromatic rings. The highest BCUT2D eigenvalue weighted by atomic mass is 32.2. The molecule has 8 nitrogen and oxygen atoms in total. The molecular weight excluding hydrogens is 436 g/mol. The third kappa shape index (κ3) is 5.18. The maximum atomic E-state index is 13.2. The van der Waals surface area contributed by atoms with E-state index in [2.05, 4.69) is 10.2 Å². The highest BCUT2D eigenvalue weighted by Gasteiger charge is 2.28. The van der Waals surface area contributed by atoms with Crippen LogP contribution in [0.5, 0.6) is 0 Å². The molecule has 3 aliphatic heterocycles. The number of benzene rings is 1. The van der Waals surface area contributed by atoms with Crippen LogP contribution in [-0.4, -0.2) is 73.8 Å². The largest absolute Gasteiger partial charge is 0.370 e. The van der Waals surface area contributed by atoms with Crippen LogP contribution >= 0.6 is 11.8 Å². The number of nitrogens with zero attached hydrogens (tertiary/aromatic N) is 3. The Bertz CT molecular complexity index is 925. The minimum Gasteiger partial charge on any atom is -0.370 e. The molecule has 3 saturated heterocycles. The van der Waals surface area contributed by atoms with E-state index in [0.29, 0.717) is 30.4 Å². The van der Waals surface area contributed by atoms with Gasteiger partial charge in [-0.05, 0) is 50.3 Å². The van der Waals surface area contributed by atoms with Gasteiger partial charge in [0.2, 0.25) is 21.8 Å². The Morgan fingerprint density at radius 3 is 2.32 bits per heavy atom. The van der Waals surface area contributed by atoms with Gasteiger partial charge in [-0.2, -0.15) is 4.31 Å². The van der Waals surface area contributed by atoms with Crippen LogP contribution in [0.25, 0.3) is 0 Å². The summed E-state index contributed by atoms with van der Waals surface area (Å²) in [5.41, 5.74) is 1.34. The Morgan fingerprint density at radius 2 is 1.68 bits per heavy atom. The van der Waals surface area contributed by atoms with Gasteiger partial charge in [-0.15, -0.1) is 11.8 Å². The van der Waals surface area contributed by atoms with Gasteiger partial charge in [-0.25, -0.2) is 8.42 Å². The fourth-order valence-corrected chi connectivity index (χ4v) is 6.79. The molecule has 0 aliphatic carbocycles. The third-order valence-corrected chi connectivity index (χ3v) is 8.89. The summed E-state index contributed by atoms with van der Waals surface area (Å²) in [5.74, 6) is 0.560. The zero-order chi connectivity index (χ0) is 21.8. The van der Waals surface area contributed by atoms with Crippen molar-refractivity contribution in [3.05, 3.63) is 18.2 Å². The van der Waals surface area contributed by atoms with E-state index < -0.39 is 10.0 Å². The van der Waals surface area contributed by atoms with Crippen LogP contribution < -0.4 is 10.2 Å². The Labute approximate surface area is 188 Å². The Morgan fingerprint density at radius 1 is 1.00 bits per heavy atom. The summed E-state index contributed by atoms with van der Waals surface area (Å²) in [6, 6.07) is 5.06. The van der Waals surface area contributed by atoms with Crippen molar-refractivity contribution in [2.45, 2.75) is 43.4 Å². The first-order valence-electron chi connectivity index (χ1n) is 11.0. The molecule has 2 amide bonds. The van der Waals surface area contributed by atoms with Crippen molar-refractivity contribution in [2.24, 2.45) is 0 Å². The standard InChI is InChI=1S/C21H30N4O4S2/c26-20(14-24-16-30-15-21(24)27)22-18-13-17(31(28,29)25-11-5-2-6-12-25)7-8-19(18)23-9-3-1-4-10-23/h7-8,13H,1-6,9-12,14-16H2,(H,22,26). The van der Waals surface area contributed by atoms with E-state index in [0.717, 1.165) is 50.9 Å². The van der Waals surface area contributed by atoms with Gasteiger partial charge in [-0.3, -0.25) is 9.59 Å². The first-order valence-corrected chi connectivity index (χ1v) is 13.6. The molecule has 1 N–H and O–H groups in total. The average Bonchev–Trinajstić information content (AvgIpc) is 3.19. The van der Waals surface area contributed by atoms with Gasteiger partial charge in [-0.1, -0.05) is 6.42 Å². The number of carbonyl (C=O) groups is 2. The van der Waals surface area contributed by atoms with E-state index in [1.54, 1.807) is 12.1 Å². The van der Waals surface area contributed by atoms with Crippen molar-refractivity contribution in [3.63, 3.8) is 0 Å². The molecule has 0 radical (unpaired) electrons. The topological polar surface area (TPSA) is 90.0 Å². The maximum absolute atomic E-state index is 13.2. The number of hydrogen-bond donors (Lipinski definition) is 1. The van der Waals surface area contributed by atoms with Gasteiger partial charge < -0.3 is 15.1 Å². The summed E-state index contributed by atoms with van der Waals surface area (Å²) in [6.07, 6.45) is 6.11. The number of hydrogen-bond acceptors (Lipinski definition) is 6. The Balaban J connectivity index is 1.60. The highest BCUT2D eigenvalue weighted by Crippen LogP contribution is 2.32. The molecule has 10 heteroatoms. The van der Waals surface area contributed by atoms with E-state index >= 15 is 0 Å². The molecular formula is C21H30N4O4S2. The molecule has 0 atom stereocenters. The van der Waals surface area contributed by atoms with Crippen LogP contribution in [0, 0.1) is 0 Å². The number of nitrogens with one attached hydrogen (secondary N) is 1. The molecule has 0 aromatic heterocycles. The van der Waals surface area contributed by atoms with Crippen molar-refractivity contribution in [1.82, 2.24) is 9.21 Å². The summed E-state index contributed by atoms with van der Waals surface area (Å²) in [7, 11) is -3.60. The summed E-state index contributed by atoms with van der Waals surface area (Å²) in [4.78, 5) is 28.5. The van der Waals surface area contributed by atoms with Crippen molar-refractivity contribution in [1.29, 1.82) is 0 Å². The van der Waals surface area contributed by atoms with E-state index in [4.69, 9.17) is 0 Å². The Hall–Kier alpha value is -1.78. The van der Waals surface area contributed by atoms with Gasteiger partial charge in [0.25, 0.3) is 0 Å². The first kappa shape index (κ1) is 22.4. The predicted octanol–water partition coefficient (Wildman–Crippen LogP) is 2.32. The van der Waals surface area contributed by atoms with Gasteiger partial charge in [0, 0.05) is 26.2 Å². The second-order valence-corrected chi connectivity index (χ2v) is 11.2. The summed E-state index contributed by atoms with van der Waals surface area (Å²) >= 11 is 1.49.